The summed E-state index contributed by atoms with van der Waals surface area (Å²) in [5, 5.41) is 12.6. The van der Waals surface area contributed by atoms with Crippen LogP contribution < -0.4 is 5.32 Å². The van der Waals surface area contributed by atoms with E-state index in [4.69, 9.17) is 4.52 Å². The number of nitrogens with one attached hydrogen (secondary N) is 1. The summed E-state index contributed by atoms with van der Waals surface area (Å²) >= 11 is 3.24. The second kappa shape index (κ2) is 5.88. The Balaban J connectivity index is 1.59. The summed E-state index contributed by atoms with van der Waals surface area (Å²) in [6.07, 6.45) is 1.80. The molecule has 1 unspecified atom stereocenters. The second-order valence-electron chi connectivity index (χ2n) is 5.20. The molecule has 0 spiro atoms. The lowest BCUT2D eigenvalue weighted by Crippen LogP contribution is -2.44. The van der Waals surface area contributed by atoms with Crippen LogP contribution in [-0.4, -0.2) is 46.7 Å². The lowest BCUT2D eigenvalue weighted by Gasteiger charge is -2.30. The van der Waals surface area contributed by atoms with Crippen molar-refractivity contribution in [3.63, 3.8) is 0 Å². The highest BCUT2D eigenvalue weighted by Gasteiger charge is 2.26. The van der Waals surface area contributed by atoms with Crippen LogP contribution in [0.25, 0.3) is 21.3 Å². The van der Waals surface area contributed by atoms with Gasteiger partial charge < -0.3 is 9.84 Å². The molecule has 0 aliphatic carbocycles. The van der Waals surface area contributed by atoms with Crippen molar-refractivity contribution in [1.29, 1.82) is 0 Å². The summed E-state index contributed by atoms with van der Waals surface area (Å²) in [7, 11) is 2.09. The van der Waals surface area contributed by atoms with E-state index in [9.17, 15) is 0 Å². The minimum Gasteiger partial charge on any atom is -0.333 e. The van der Waals surface area contributed by atoms with Crippen LogP contribution in [0.5, 0.6) is 0 Å². The van der Waals surface area contributed by atoms with Crippen molar-refractivity contribution in [1.82, 2.24) is 25.3 Å². The van der Waals surface area contributed by atoms with Gasteiger partial charge in [0.15, 0.2) is 5.82 Å². The molecule has 4 rings (SSSR count). The number of hydrogen-bond donors (Lipinski definition) is 1. The molecule has 0 aromatic carbocycles. The largest absolute Gasteiger partial charge is 0.333 e. The molecule has 1 atom stereocenters. The van der Waals surface area contributed by atoms with Crippen molar-refractivity contribution in [2.45, 2.75) is 6.04 Å². The van der Waals surface area contributed by atoms with E-state index >= 15 is 0 Å². The molecule has 3 aromatic heterocycles. The number of thiazole rings is 1. The first-order valence-electron chi connectivity index (χ1n) is 7.04. The molecule has 0 bridgehead atoms. The maximum atomic E-state index is 5.44. The van der Waals surface area contributed by atoms with Gasteiger partial charge in [-0.3, -0.25) is 4.90 Å². The smallest absolute Gasteiger partial charge is 0.269 e. The Labute approximate surface area is 135 Å². The van der Waals surface area contributed by atoms with Crippen LogP contribution in [0.3, 0.4) is 0 Å². The third kappa shape index (κ3) is 2.58. The van der Waals surface area contributed by atoms with E-state index in [2.05, 4.69) is 43.8 Å². The molecule has 8 heteroatoms. The van der Waals surface area contributed by atoms with E-state index in [1.54, 1.807) is 28.9 Å². The third-order valence-electron chi connectivity index (χ3n) is 3.74. The van der Waals surface area contributed by atoms with Gasteiger partial charge in [-0.1, -0.05) is 5.16 Å². The molecule has 4 heterocycles. The predicted molar refractivity (Wildman–Crippen MR) is 87.0 cm³/mol. The molecule has 1 saturated heterocycles. The lowest BCUT2D eigenvalue weighted by atomic mass is 10.2. The van der Waals surface area contributed by atoms with Gasteiger partial charge in [0.1, 0.15) is 9.88 Å². The normalized spacial score (nSPS) is 19.6. The van der Waals surface area contributed by atoms with Crippen molar-refractivity contribution in [3.05, 3.63) is 28.8 Å². The summed E-state index contributed by atoms with van der Waals surface area (Å²) in [5.74, 6) is 1.28. The average Bonchev–Trinajstić information content (AvgIpc) is 3.27. The van der Waals surface area contributed by atoms with E-state index in [0.717, 1.165) is 40.9 Å². The first kappa shape index (κ1) is 14.0. The van der Waals surface area contributed by atoms with Gasteiger partial charge >= 0.3 is 0 Å². The fourth-order valence-corrected chi connectivity index (χ4v) is 4.01. The van der Waals surface area contributed by atoms with Crippen LogP contribution in [0.1, 0.15) is 11.9 Å². The van der Waals surface area contributed by atoms with E-state index in [1.165, 1.54) is 0 Å². The first-order valence-corrected chi connectivity index (χ1v) is 8.80. The number of likely N-dealkylation sites (N-methyl/N-ethyl adjacent to an activating group) is 1. The van der Waals surface area contributed by atoms with Gasteiger partial charge in [-0.2, -0.15) is 16.3 Å². The van der Waals surface area contributed by atoms with Gasteiger partial charge in [0.2, 0.25) is 0 Å². The molecule has 114 valence electrons. The number of piperazine rings is 1. The third-order valence-corrected chi connectivity index (χ3v) is 5.45. The minimum absolute atomic E-state index is 0.163. The SMILES string of the molecule is CN1CCNCC1c1noc(-c2cnc(-c3ccsc3)s2)n1. The zero-order valence-corrected chi connectivity index (χ0v) is 13.7. The number of aromatic nitrogens is 3. The number of nitrogens with zero attached hydrogens (tertiary/aromatic N) is 4. The molecule has 1 aliphatic heterocycles. The Morgan fingerprint density at radius 1 is 1.45 bits per heavy atom. The van der Waals surface area contributed by atoms with Crippen molar-refractivity contribution in [3.8, 4) is 21.3 Å². The molecule has 6 nitrogen and oxygen atoms in total. The van der Waals surface area contributed by atoms with Crippen LogP contribution >= 0.6 is 22.7 Å². The van der Waals surface area contributed by atoms with Gasteiger partial charge in [0, 0.05) is 30.6 Å². The van der Waals surface area contributed by atoms with Gasteiger partial charge in [0.05, 0.1) is 12.2 Å². The van der Waals surface area contributed by atoms with Crippen molar-refractivity contribution < 1.29 is 4.52 Å². The maximum Gasteiger partial charge on any atom is 0.269 e. The Morgan fingerprint density at radius 2 is 2.41 bits per heavy atom. The molecule has 0 saturated carbocycles. The Hall–Kier alpha value is -1.61. The molecule has 1 fully saturated rings. The van der Waals surface area contributed by atoms with Crippen LogP contribution in [0.15, 0.2) is 27.5 Å². The van der Waals surface area contributed by atoms with E-state index < -0.39 is 0 Å². The Bertz CT molecular complexity index is 751. The highest BCUT2D eigenvalue weighted by atomic mass is 32.1. The molecule has 1 aliphatic rings. The van der Waals surface area contributed by atoms with E-state index in [-0.39, 0.29) is 6.04 Å². The Morgan fingerprint density at radius 3 is 3.23 bits per heavy atom. The van der Waals surface area contributed by atoms with Crippen molar-refractivity contribution in [2.24, 2.45) is 0 Å². The fourth-order valence-electron chi connectivity index (χ4n) is 2.46. The monoisotopic (exact) mass is 333 g/mol. The summed E-state index contributed by atoms with van der Waals surface area (Å²) in [5.41, 5.74) is 1.14. The van der Waals surface area contributed by atoms with E-state index in [1.807, 2.05) is 5.38 Å². The Kier molecular flexibility index (Phi) is 3.75. The zero-order chi connectivity index (χ0) is 14.9. The number of rotatable bonds is 3. The summed E-state index contributed by atoms with van der Waals surface area (Å²) < 4.78 is 5.44. The number of thiophene rings is 1. The summed E-state index contributed by atoms with van der Waals surface area (Å²) in [6.45, 7) is 2.83. The fraction of sp³-hybridized carbons (Fsp3) is 0.357. The van der Waals surface area contributed by atoms with Crippen LogP contribution in [0, 0.1) is 0 Å². The molecule has 0 radical (unpaired) electrons. The molecule has 3 aromatic rings. The quantitative estimate of drug-likeness (QED) is 0.794. The summed E-state index contributed by atoms with van der Waals surface area (Å²) in [4.78, 5) is 12.2. The van der Waals surface area contributed by atoms with Gasteiger partial charge in [-0.25, -0.2) is 4.98 Å². The lowest BCUT2D eigenvalue weighted by molar-refractivity contribution is 0.190. The standard InChI is InChI=1S/C14H15N5OS2/c1-19-4-3-15-6-10(19)12-17-13(20-18-12)11-7-16-14(22-11)9-2-5-21-8-9/h2,5,7-8,10,15H,3-4,6H2,1H3. The average molecular weight is 333 g/mol. The minimum atomic E-state index is 0.163. The zero-order valence-electron chi connectivity index (χ0n) is 12.0. The van der Waals surface area contributed by atoms with E-state index in [0.29, 0.717) is 5.89 Å². The van der Waals surface area contributed by atoms with Gasteiger partial charge in [0.25, 0.3) is 5.89 Å². The predicted octanol–water partition coefficient (Wildman–Crippen LogP) is 2.50. The molecule has 1 N–H and O–H groups in total. The number of hydrogen-bond acceptors (Lipinski definition) is 8. The highest BCUT2D eigenvalue weighted by molar-refractivity contribution is 7.18. The van der Waals surface area contributed by atoms with Crippen molar-refractivity contribution >= 4 is 22.7 Å². The topological polar surface area (TPSA) is 67.1 Å². The molecular weight excluding hydrogens is 318 g/mol. The first-order chi connectivity index (χ1) is 10.8. The highest BCUT2D eigenvalue weighted by Crippen LogP contribution is 2.32. The van der Waals surface area contributed by atoms with Crippen molar-refractivity contribution in [2.75, 3.05) is 26.7 Å². The van der Waals surface area contributed by atoms with Gasteiger partial charge in [-0.05, 0) is 18.5 Å². The van der Waals surface area contributed by atoms with Crippen LogP contribution in [-0.2, 0) is 0 Å². The van der Waals surface area contributed by atoms with Crippen LogP contribution in [0.2, 0.25) is 0 Å². The molecule has 0 amide bonds. The summed E-state index contributed by atoms with van der Waals surface area (Å²) in [6, 6.07) is 2.23. The van der Waals surface area contributed by atoms with Gasteiger partial charge in [-0.15, -0.1) is 11.3 Å². The second-order valence-corrected chi connectivity index (χ2v) is 7.01. The van der Waals surface area contributed by atoms with Crippen LogP contribution in [0.4, 0.5) is 0 Å². The molecular formula is C14H15N5OS2. The molecule has 22 heavy (non-hydrogen) atoms. The maximum absolute atomic E-state index is 5.44.